The van der Waals surface area contributed by atoms with E-state index in [1.807, 2.05) is 0 Å². The predicted molar refractivity (Wildman–Crippen MR) is 131 cm³/mol. The highest BCUT2D eigenvalue weighted by molar-refractivity contribution is 5.80. The molecule has 0 spiro atoms. The second kappa shape index (κ2) is 10.2. The Morgan fingerprint density at radius 3 is 2.42 bits per heavy atom. The van der Waals surface area contributed by atoms with Gasteiger partial charge in [-0.25, -0.2) is 0 Å². The average molecular weight is 459 g/mol. The molecular formula is C27H46N4O2. The number of ether oxygens (including phenoxy) is 1. The smallest absolute Gasteiger partial charge is 0.323 e. The first-order valence-electron chi connectivity index (χ1n) is 14.0. The van der Waals surface area contributed by atoms with Gasteiger partial charge in [-0.05, 0) is 87.9 Å². The van der Waals surface area contributed by atoms with Gasteiger partial charge in [0.15, 0.2) is 0 Å². The zero-order chi connectivity index (χ0) is 22.9. The van der Waals surface area contributed by atoms with Crippen LogP contribution >= 0.6 is 0 Å². The summed E-state index contributed by atoms with van der Waals surface area (Å²) in [7, 11) is 0. The molecule has 0 aromatic heterocycles. The standard InChI is InChI=1S/C27H46N4O2/c28-21-10-12-22(13-11-21)33-27(32)25-14-18-8-9-19(26(29)30)15-24(18)31(25)16-20-6-3-5-17-4-1-2-7-23(17)20/h17-25H,1-16,28H2,(H3,29,30). The van der Waals surface area contributed by atoms with Crippen molar-refractivity contribution in [1.82, 2.24) is 4.90 Å². The van der Waals surface area contributed by atoms with Crippen molar-refractivity contribution in [2.24, 2.45) is 41.1 Å². The quantitative estimate of drug-likeness (QED) is 0.325. The highest BCUT2D eigenvalue weighted by Crippen LogP contribution is 2.47. The Labute approximate surface area is 200 Å². The molecule has 0 radical (unpaired) electrons. The number of rotatable bonds is 5. The number of hydrogen-bond donors (Lipinski definition) is 3. The van der Waals surface area contributed by atoms with Gasteiger partial charge >= 0.3 is 5.97 Å². The molecule has 5 fully saturated rings. The van der Waals surface area contributed by atoms with E-state index in [1.54, 1.807) is 0 Å². The molecule has 0 amide bonds. The molecule has 0 bridgehead atoms. The van der Waals surface area contributed by atoms with Gasteiger partial charge in [0, 0.05) is 24.5 Å². The molecule has 6 nitrogen and oxygen atoms in total. The summed E-state index contributed by atoms with van der Waals surface area (Å²) >= 11 is 0. The monoisotopic (exact) mass is 458 g/mol. The van der Waals surface area contributed by atoms with Crippen LogP contribution in [0.1, 0.15) is 96.3 Å². The number of carbonyl (C=O) groups excluding carboxylic acids is 1. The van der Waals surface area contributed by atoms with E-state index in [2.05, 4.69) is 4.90 Å². The van der Waals surface area contributed by atoms with E-state index >= 15 is 0 Å². The molecule has 1 aliphatic heterocycles. The molecule has 1 heterocycles. The third-order valence-corrected chi connectivity index (χ3v) is 10.2. The lowest BCUT2D eigenvalue weighted by Gasteiger charge is -2.45. The van der Waals surface area contributed by atoms with Gasteiger partial charge in [-0.15, -0.1) is 0 Å². The van der Waals surface area contributed by atoms with Crippen LogP contribution in [0.2, 0.25) is 0 Å². The molecule has 5 aliphatic rings. The fourth-order valence-electron chi connectivity index (χ4n) is 8.34. The lowest BCUT2D eigenvalue weighted by Crippen LogP contribution is -2.50. The van der Waals surface area contributed by atoms with Crippen molar-refractivity contribution in [3.8, 4) is 0 Å². The van der Waals surface area contributed by atoms with Crippen molar-refractivity contribution in [1.29, 1.82) is 5.41 Å². The topological polar surface area (TPSA) is 105 Å². The molecule has 0 aromatic rings. The number of nitrogens with two attached hydrogens (primary N) is 2. The summed E-state index contributed by atoms with van der Waals surface area (Å²) in [4.78, 5) is 16.1. The van der Waals surface area contributed by atoms with E-state index in [0.29, 0.717) is 23.7 Å². The second-order valence-corrected chi connectivity index (χ2v) is 12.1. The molecule has 5 rings (SSSR count). The number of nitrogens with one attached hydrogen (secondary N) is 1. The number of nitrogens with zero attached hydrogens (tertiary/aromatic N) is 1. The second-order valence-electron chi connectivity index (χ2n) is 12.1. The number of likely N-dealkylation sites (tertiary alicyclic amines) is 1. The number of esters is 1. The van der Waals surface area contributed by atoms with Crippen molar-refractivity contribution in [3.63, 3.8) is 0 Å². The summed E-state index contributed by atoms with van der Waals surface area (Å²) in [6, 6.07) is 0.545. The maximum Gasteiger partial charge on any atom is 0.323 e. The molecule has 0 aromatic carbocycles. The first-order valence-corrected chi connectivity index (χ1v) is 14.0. The van der Waals surface area contributed by atoms with E-state index in [4.69, 9.17) is 21.6 Å². The van der Waals surface area contributed by atoms with Gasteiger partial charge in [0.05, 0.1) is 5.84 Å². The third kappa shape index (κ3) is 5.12. The highest BCUT2D eigenvalue weighted by Gasteiger charge is 2.50. The third-order valence-electron chi connectivity index (χ3n) is 10.2. The molecule has 7 unspecified atom stereocenters. The van der Waals surface area contributed by atoms with Gasteiger partial charge in [0.2, 0.25) is 0 Å². The van der Waals surface area contributed by atoms with Crippen molar-refractivity contribution >= 4 is 11.8 Å². The first-order chi connectivity index (χ1) is 16.0. The van der Waals surface area contributed by atoms with Crippen molar-refractivity contribution in [3.05, 3.63) is 0 Å². The normalized spacial score (nSPS) is 44.0. The molecule has 5 N–H and O–H groups in total. The Morgan fingerprint density at radius 1 is 0.879 bits per heavy atom. The Balaban J connectivity index is 1.31. The van der Waals surface area contributed by atoms with E-state index in [9.17, 15) is 4.79 Å². The van der Waals surface area contributed by atoms with E-state index < -0.39 is 0 Å². The summed E-state index contributed by atoms with van der Waals surface area (Å²) in [5.41, 5.74) is 12.0. The van der Waals surface area contributed by atoms with Crippen LogP contribution in [0, 0.1) is 35.0 Å². The minimum absolute atomic E-state index is 0.0141. The fourth-order valence-corrected chi connectivity index (χ4v) is 8.34. The number of amidine groups is 1. The van der Waals surface area contributed by atoms with Gasteiger partial charge in [0.25, 0.3) is 0 Å². The van der Waals surface area contributed by atoms with Crippen LogP contribution in [0.4, 0.5) is 0 Å². The summed E-state index contributed by atoms with van der Waals surface area (Å²) in [6.07, 6.45) is 17.4. The number of hydrogen-bond acceptors (Lipinski definition) is 5. The van der Waals surface area contributed by atoms with E-state index in [-0.39, 0.29) is 30.1 Å². The zero-order valence-corrected chi connectivity index (χ0v) is 20.4. The van der Waals surface area contributed by atoms with Crippen molar-refractivity contribution < 1.29 is 9.53 Å². The van der Waals surface area contributed by atoms with Gasteiger partial charge in [0.1, 0.15) is 12.1 Å². The minimum atomic E-state index is -0.106. The molecular weight excluding hydrogens is 412 g/mol. The molecule has 33 heavy (non-hydrogen) atoms. The summed E-state index contributed by atoms with van der Waals surface area (Å²) in [5.74, 6) is 3.53. The van der Waals surface area contributed by atoms with E-state index in [0.717, 1.165) is 69.7 Å². The summed E-state index contributed by atoms with van der Waals surface area (Å²) in [5, 5.41) is 8.06. The zero-order valence-electron chi connectivity index (χ0n) is 20.4. The van der Waals surface area contributed by atoms with Gasteiger partial charge in [-0.2, -0.15) is 0 Å². The maximum atomic E-state index is 13.5. The first kappa shape index (κ1) is 23.6. The molecule has 6 heteroatoms. The minimum Gasteiger partial charge on any atom is -0.461 e. The fraction of sp³-hybridized carbons (Fsp3) is 0.926. The molecule has 1 saturated heterocycles. The van der Waals surface area contributed by atoms with Gasteiger partial charge < -0.3 is 16.2 Å². The summed E-state index contributed by atoms with van der Waals surface area (Å²) in [6.45, 7) is 1.04. The van der Waals surface area contributed by atoms with Crippen LogP contribution in [-0.2, 0) is 9.53 Å². The Hall–Kier alpha value is -1.14. The summed E-state index contributed by atoms with van der Waals surface area (Å²) < 4.78 is 6.13. The Morgan fingerprint density at radius 2 is 1.64 bits per heavy atom. The van der Waals surface area contributed by atoms with Crippen molar-refractivity contribution in [2.75, 3.05) is 6.54 Å². The average Bonchev–Trinajstić information content (AvgIpc) is 3.18. The van der Waals surface area contributed by atoms with Gasteiger partial charge in [-0.1, -0.05) is 32.1 Å². The van der Waals surface area contributed by atoms with Gasteiger partial charge in [-0.3, -0.25) is 15.1 Å². The molecule has 4 aliphatic carbocycles. The van der Waals surface area contributed by atoms with Crippen LogP contribution in [0.5, 0.6) is 0 Å². The Bertz CT molecular complexity index is 704. The highest BCUT2D eigenvalue weighted by atomic mass is 16.5. The molecule has 7 atom stereocenters. The van der Waals surface area contributed by atoms with Crippen LogP contribution in [0.25, 0.3) is 0 Å². The maximum absolute atomic E-state index is 13.5. The molecule has 186 valence electrons. The van der Waals surface area contributed by atoms with Crippen LogP contribution in [-0.4, -0.2) is 47.5 Å². The number of fused-ring (bicyclic) bond motifs is 2. The predicted octanol–water partition coefficient (Wildman–Crippen LogP) is 4.20. The van der Waals surface area contributed by atoms with Crippen LogP contribution < -0.4 is 11.5 Å². The van der Waals surface area contributed by atoms with E-state index in [1.165, 1.54) is 44.9 Å². The van der Waals surface area contributed by atoms with Crippen LogP contribution in [0.15, 0.2) is 0 Å². The SMILES string of the molecule is N=C(N)C1CCC2CC(C(=O)OC3CCC(N)CC3)N(CC3CCCC4CCCCC43)C2C1. The lowest BCUT2D eigenvalue weighted by atomic mass is 9.65. The lowest BCUT2D eigenvalue weighted by molar-refractivity contribution is -0.157. The molecule has 4 saturated carbocycles. The Kier molecular flexibility index (Phi) is 7.31. The van der Waals surface area contributed by atoms with Crippen LogP contribution in [0.3, 0.4) is 0 Å². The largest absolute Gasteiger partial charge is 0.461 e. The van der Waals surface area contributed by atoms with Crippen molar-refractivity contribution in [2.45, 2.75) is 121 Å². The number of carbonyl (C=O) groups is 1.